The average Bonchev–Trinajstić information content (AvgIpc) is 3.15. The first-order valence-corrected chi connectivity index (χ1v) is 24.5. The van der Waals surface area contributed by atoms with Crippen LogP contribution in [0.3, 0.4) is 0 Å². The number of Topliss-reactive ketones (excluding diaryl/α,β-unsaturated/α-hetero) is 3. The highest BCUT2D eigenvalue weighted by Crippen LogP contribution is 2.45. The van der Waals surface area contributed by atoms with Gasteiger partial charge in [-0.1, -0.05) is 109 Å². The number of hydrogen-bond donors (Lipinski definition) is 2. The first-order valence-electron chi connectivity index (χ1n) is 24.5. The lowest BCUT2D eigenvalue weighted by Gasteiger charge is -2.42. The van der Waals surface area contributed by atoms with Gasteiger partial charge in [0, 0.05) is 39.0 Å². The van der Waals surface area contributed by atoms with Crippen LogP contribution in [-0.4, -0.2) is 44.5 Å². The molecular formula is C56H94O6. The van der Waals surface area contributed by atoms with Crippen LogP contribution in [0.25, 0.3) is 0 Å². The van der Waals surface area contributed by atoms with Crippen LogP contribution in [0.2, 0.25) is 0 Å². The summed E-state index contributed by atoms with van der Waals surface area (Å²) in [5, 5.41) is 23.5. The van der Waals surface area contributed by atoms with Gasteiger partial charge < -0.3 is 10.2 Å². The van der Waals surface area contributed by atoms with Crippen LogP contribution in [0.1, 0.15) is 228 Å². The summed E-state index contributed by atoms with van der Waals surface area (Å²) < 4.78 is 0. The van der Waals surface area contributed by atoms with Gasteiger partial charge in [0.2, 0.25) is 0 Å². The Kier molecular flexibility index (Phi) is 19.5. The molecule has 2 N–H and O–H groups in total. The molecule has 62 heavy (non-hydrogen) atoms. The molecule has 0 aromatic carbocycles. The molecule has 3 unspecified atom stereocenters. The highest BCUT2D eigenvalue weighted by atomic mass is 16.3. The first kappa shape index (κ1) is 55.7. The van der Waals surface area contributed by atoms with Gasteiger partial charge in [-0.2, -0.15) is 0 Å². The Morgan fingerprint density at radius 1 is 0.468 bits per heavy atom. The van der Waals surface area contributed by atoms with E-state index in [9.17, 15) is 29.4 Å². The fourth-order valence-electron chi connectivity index (χ4n) is 9.97. The molecule has 6 nitrogen and oxygen atoms in total. The Bertz CT molecular complexity index is 1750. The summed E-state index contributed by atoms with van der Waals surface area (Å²) in [5.74, 6) is 1.67. The zero-order chi connectivity index (χ0) is 48.0. The Morgan fingerprint density at radius 3 is 1.35 bits per heavy atom. The van der Waals surface area contributed by atoms with E-state index in [2.05, 4.69) is 90.0 Å². The van der Waals surface area contributed by atoms with Crippen molar-refractivity contribution < 1.29 is 29.4 Å². The number of allylic oxidation sites excluding steroid dienone is 8. The number of rotatable bonds is 26. The smallest absolute Gasteiger partial charge is 0.185 e. The van der Waals surface area contributed by atoms with Crippen LogP contribution in [0.5, 0.6) is 0 Å². The number of aliphatic hydroxyl groups is 2. The summed E-state index contributed by atoms with van der Waals surface area (Å²) in [4.78, 5) is 53.0. The fourth-order valence-corrected chi connectivity index (χ4v) is 9.97. The average molecular weight is 863 g/mol. The van der Waals surface area contributed by atoms with Gasteiger partial charge in [0.25, 0.3) is 0 Å². The maximum absolute atomic E-state index is 14.0. The third-order valence-electron chi connectivity index (χ3n) is 16.3. The van der Waals surface area contributed by atoms with Crippen LogP contribution in [0.4, 0.5) is 0 Å². The minimum Gasteiger partial charge on any atom is -0.390 e. The molecular weight excluding hydrogens is 769 g/mol. The van der Waals surface area contributed by atoms with Crippen LogP contribution >= 0.6 is 0 Å². The number of carbonyl (C=O) groups excluding carboxylic acids is 4. The van der Waals surface area contributed by atoms with Crippen LogP contribution in [-0.2, 0) is 19.2 Å². The second-order valence-corrected chi connectivity index (χ2v) is 24.6. The molecule has 5 atom stereocenters. The molecule has 354 valence electrons. The van der Waals surface area contributed by atoms with Crippen molar-refractivity contribution in [3.05, 3.63) is 45.1 Å². The molecule has 0 radical (unpaired) electrons. The molecule has 0 saturated carbocycles. The zero-order valence-corrected chi connectivity index (χ0v) is 43.5. The summed E-state index contributed by atoms with van der Waals surface area (Å²) in [6, 6.07) is 0. The number of hydrogen-bond acceptors (Lipinski definition) is 6. The normalized spacial score (nSPS) is 19.9. The van der Waals surface area contributed by atoms with Crippen molar-refractivity contribution >= 4 is 23.1 Å². The van der Waals surface area contributed by atoms with Crippen LogP contribution in [0.15, 0.2) is 45.1 Å². The quantitative estimate of drug-likeness (QED) is 0.0839. The van der Waals surface area contributed by atoms with Crippen LogP contribution in [0, 0.1) is 45.3 Å². The molecule has 0 aromatic heterocycles. The second-order valence-electron chi connectivity index (χ2n) is 24.6. The van der Waals surface area contributed by atoms with E-state index in [4.69, 9.17) is 0 Å². The van der Waals surface area contributed by atoms with E-state index in [1.165, 1.54) is 25.3 Å². The molecule has 0 aliphatic heterocycles. The molecule has 0 aromatic rings. The van der Waals surface area contributed by atoms with Gasteiger partial charge in [-0.15, -0.1) is 0 Å². The summed E-state index contributed by atoms with van der Waals surface area (Å²) >= 11 is 0. The summed E-state index contributed by atoms with van der Waals surface area (Å²) in [7, 11) is 0. The fraction of sp³-hybridized carbons (Fsp3) is 0.786. The van der Waals surface area contributed by atoms with E-state index >= 15 is 0 Å². The lowest BCUT2D eigenvalue weighted by molar-refractivity contribution is -0.116. The minimum absolute atomic E-state index is 0.0288. The summed E-state index contributed by atoms with van der Waals surface area (Å²) in [6.45, 7) is 40.0. The van der Waals surface area contributed by atoms with E-state index < -0.39 is 16.6 Å². The molecule has 0 fully saturated rings. The monoisotopic (exact) mass is 863 g/mol. The Hall–Kier alpha value is -2.44. The van der Waals surface area contributed by atoms with Crippen LogP contribution < -0.4 is 0 Å². The Morgan fingerprint density at radius 2 is 0.887 bits per heavy atom. The van der Waals surface area contributed by atoms with Gasteiger partial charge in [0.05, 0.1) is 11.2 Å². The third-order valence-corrected chi connectivity index (χ3v) is 16.3. The maximum Gasteiger partial charge on any atom is 0.185 e. The number of ketones is 4. The maximum atomic E-state index is 14.0. The molecule has 0 saturated heterocycles. The van der Waals surface area contributed by atoms with Crippen molar-refractivity contribution in [3.63, 3.8) is 0 Å². The molecule has 0 amide bonds. The first-order chi connectivity index (χ1) is 28.1. The van der Waals surface area contributed by atoms with Crippen molar-refractivity contribution in [2.24, 2.45) is 45.3 Å². The van der Waals surface area contributed by atoms with Crippen molar-refractivity contribution in [1.82, 2.24) is 0 Å². The standard InChI is InChI=1S/C56H94O6/c1-36(2)20-26-51(10,11)34-38(4)22-28-53(14,15)55(18,61)30-24-44-33-47(57)42(8)46(50(44)60)32-37(3)21-27-52(12,13)35-39(5)23-29-54(16,17)56(19,62)31-25-45-43(9)48(58)40(6)41(7)49(45)59/h33,36-39,61-62H,20-32,34-35H2,1-19H3/t37?,38-,39-,55?,56?/m0/s1. The molecule has 0 heterocycles. The van der Waals surface area contributed by atoms with Gasteiger partial charge >= 0.3 is 0 Å². The Labute approximate surface area is 380 Å². The van der Waals surface area contributed by atoms with E-state index in [0.29, 0.717) is 94.3 Å². The van der Waals surface area contributed by atoms with Gasteiger partial charge in [-0.25, -0.2) is 0 Å². The second kappa shape index (κ2) is 21.7. The highest BCUT2D eigenvalue weighted by Gasteiger charge is 2.42. The summed E-state index contributed by atoms with van der Waals surface area (Å²) in [6.07, 6.45) is 14.1. The van der Waals surface area contributed by atoms with E-state index in [1.807, 2.05) is 13.8 Å². The molecule has 2 rings (SSSR count). The largest absolute Gasteiger partial charge is 0.390 e. The lowest BCUT2D eigenvalue weighted by atomic mass is 9.68. The van der Waals surface area contributed by atoms with E-state index in [1.54, 1.807) is 27.7 Å². The number of carbonyl (C=O) groups is 4. The summed E-state index contributed by atoms with van der Waals surface area (Å²) in [5.41, 5.74) is 1.43. The SMILES string of the molecule is CC1=C(C)C(=O)C(CCC(C)(O)C(C)(C)CC[C@H](C)CC(C)(C)CCC(C)CC2=C(C)C(=O)C=C(CCC(C)(O)C(C)(C)CC[C@H](C)CC(C)(C)CCC(C)C)C2=O)=C(C)C1=O. The minimum atomic E-state index is -1.02. The lowest BCUT2D eigenvalue weighted by Crippen LogP contribution is -2.42. The topological polar surface area (TPSA) is 109 Å². The molecule has 0 spiro atoms. The predicted molar refractivity (Wildman–Crippen MR) is 260 cm³/mol. The molecule has 2 aliphatic carbocycles. The van der Waals surface area contributed by atoms with Crippen molar-refractivity contribution in [1.29, 1.82) is 0 Å². The molecule has 2 aliphatic rings. The zero-order valence-electron chi connectivity index (χ0n) is 43.5. The van der Waals surface area contributed by atoms with Crippen molar-refractivity contribution in [2.75, 3.05) is 0 Å². The highest BCUT2D eigenvalue weighted by molar-refractivity contribution is 6.24. The van der Waals surface area contributed by atoms with Gasteiger partial charge in [0.15, 0.2) is 23.1 Å². The van der Waals surface area contributed by atoms with Crippen molar-refractivity contribution in [3.8, 4) is 0 Å². The van der Waals surface area contributed by atoms with Crippen molar-refractivity contribution in [2.45, 2.75) is 239 Å². The molecule has 6 heteroatoms. The van der Waals surface area contributed by atoms with Gasteiger partial charge in [-0.3, -0.25) is 19.2 Å². The molecule has 0 bridgehead atoms. The van der Waals surface area contributed by atoms with Gasteiger partial charge in [0.1, 0.15) is 0 Å². The van der Waals surface area contributed by atoms with E-state index in [-0.39, 0.29) is 39.9 Å². The van der Waals surface area contributed by atoms with E-state index in [0.717, 1.165) is 44.9 Å². The predicted octanol–water partition coefficient (Wildman–Crippen LogP) is 14.2. The van der Waals surface area contributed by atoms with Gasteiger partial charge in [-0.05, 0) is 170 Å². The third kappa shape index (κ3) is 15.3. The Balaban J connectivity index is 1.94.